The molecule has 1 rings (SSSR count). The quantitative estimate of drug-likeness (QED) is 0.579. The van der Waals surface area contributed by atoms with E-state index in [2.05, 4.69) is 10.0 Å². The summed E-state index contributed by atoms with van der Waals surface area (Å²) in [5, 5.41) is 2.85. The normalized spacial score (nSPS) is 12.6. The van der Waals surface area contributed by atoms with Crippen LogP contribution in [0.15, 0.2) is 23.1 Å². The van der Waals surface area contributed by atoms with E-state index in [1.807, 2.05) is 13.8 Å². The second-order valence-electron chi connectivity index (χ2n) is 6.68. The van der Waals surface area contributed by atoms with Crippen molar-refractivity contribution < 1.29 is 17.9 Å². The second kappa shape index (κ2) is 10.7. The fourth-order valence-corrected chi connectivity index (χ4v) is 3.90. The van der Waals surface area contributed by atoms with Crippen molar-refractivity contribution in [2.45, 2.75) is 51.1 Å². The van der Waals surface area contributed by atoms with E-state index < -0.39 is 10.0 Å². The zero-order chi connectivity index (χ0) is 19.2. The van der Waals surface area contributed by atoms with Crippen LogP contribution in [0.5, 0.6) is 5.75 Å². The molecule has 1 aromatic rings. The van der Waals surface area contributed by atoms with Gasteiger partial charge in [-0.25, -0.2) is 13.1 Å². The van der Waals surface area contributed by atoms with Gasteiger partial charge in [-0.05, 0) is 44.4 Å². The van der Waals surface area contributed by atoms with E-state index in [4.69, 9.17) is 10.5 Å². The molecule has 0 fully saturated rings. The molecular formula is C17H30ClN3O4S. The standard InChI is InChI=1S/C17H29N3O4S.ClH/c1-11(2)8-14(10-18)19-17(21)13-6-7-15(24-5)16(9-13)25(22,23)20-12(3)4;/h6-7,9,11-12,14,20H,8,10,18H2,1-5H3,(H,19,21);1H. The Morgan fingerprint density at radius 2 is 1.85 bits per heavy atom. The van der Waals surface area contributed by atoms with Gasteiger partial charge in [0.05, 0.1) is 7.11 Å². The smallest absolute Gasteiger partial charge is 0.251 e. The Labute approximate surface area is 162 Å². The maximum Gasteiger partial charge on any atom is 0.251 e. The molecule has 0 spiro atoms. The summed E-state index contributed by atoms with van der Waals surface area (Å²) in [5.41, 5.74) is 5.95. The first-order chi connectivity index (χ1) is 11.6. The topological polar surface area (TPSA) is 111 Å². The van der Waals surface area contributed by atoms with E-state index in [0.29, 0.717) is 12.5 Å². The van der Waals surface area contributed by atoms with Crippen LogP contribution in [0.4, 0.5) is 0 Å². The van der Waals surface area contributed by atoms with Crippen LogP contribution in [0.2, 0.25) is 0 Å². The largest absolute Gasteiger partial charge is 0.495 e. The van der Waals surface area contributed by atoms with Gasteiger partial charge in [-0.3, -0.25) is 4.79 Å². The molecule has 26 heavy (non-hydrogen) atoms. The van der Waals surface area contributed by atoms with Gasteiger partial charge in [-0.2, -0.15) is 0 Å². The van der Waals surface area contributed by atoms with Crippen LogP contribution in [-0.4, -0.2) is 40.1 Å². The van der Waals surface area contributed by atoms with Crippen LogP contribution in [0.3, 0.4) is 0 Å². The van der Waals surface area contributed by atoms with E-state index in [0.717, 1.165) is 6.42 Å². The van der Waals surface area contributed by atoms with E-state index in [1.165, 1.54) is 25.3 Å². The number of rotatable bonds is 9. The average Bonchev–Trinajstić information content (AvgIpc) is 2.51. The van der Waals surface area contributed by atoms with Gasteiger partial charge in [0.2, 0.25) is 10.0 Å². The van der Waals surface area contributed by atoms with Gasteiger partial charge >= 0.3 is 0 Å². The summed E-state index contributed by atoms with van der Waals surface area (Å²) in [4.78, 5) is 12.4. The highest BCUT2D eigenvalue weighted by Gasteiger charge is 2.23. The summed E-state index contributed by atoms with van der Waals surface area (Å²) in [6.07, 6.45) is 0.748. The predicted octanol–water partition coefficient (Wildman–Crippen LogP) is 1.91. The number of hydrogen-bond acceptors (Lipinski definition) is 5. The third kappa shape index (κ3) is 7.11. The van der Waals surface area contributed by atoms with Crippen LogP contribution in [0.25, 0.3) is 0 Å². The summed E-state index contributed by atoms with van der Waals surface area (Å²) in [5.74, 6) is 0.206. The minimum atomic E-state index is -3.79. The molecule has 1 amide bonds. The molecule has 1 atom stereocenters. The molecule has 0 aliphatic heterocycles. The number of ether oxygens (including phenoxy) is 1. The highest BCUT2D eigenvalue weighted by Crippen LogP contribution is 2.25. The van der Waals surface area contributed by atoms with Crippen LogP contribution in [-0.2, 0) is 10.0 Å². The number of nitrogens with two attached hydrogens (primary N) is 1. The van der Waals surface area contributed by atoms with Crippen LogP contribution in [0.1, 0.15) is 44.5 Å². The number of carbonyl (C=O) groups is 1. The summed E-state index contributed by atoms with van der Waals surface area (Å²) in [6, 6.07) is 3.89. The molecule has 0 radical (unpaired) electrons. The first kappa shape index (κ1) is 24.7. The minimum absolute atomic E-state index is 0. The summed E-state index contributed by atoms with van der Waals surface area (Å²) >= 11 is 0. The predicted molar refractivity (Wildman–Crippen MR) is 105 cm³/mol. The first-order valence-corrected chi connectivity index (χ1v) is 9.80. The fourth-order valence-electron chi connectivity index (χ4n) is 2.45. The summed E-state index contributed by atoms with van der Waals surface area (Å²) in [6.45, 7) is 7.85. The van der Waals surface area contributed by atoms with Crippen LogP contribution >= 0.6 is 12.4 Å². The van der Waals surface area contributed by atoms with Gasteiger partial charge < -0.3 is 15.8 Å². The van der Waals surface area contributed by atoms with Crippen molar-refractivity contribution in [1.29, 1.82) is 0 Å². The molecular weight excluding hydrogens is 378 g/mol. The Balaban J connectivity index is 0.00000625. The minimum Gasteiger partial charge on any atom is -0.495 e. The molecule has 0 saturated heterocycles. The van der Waals surface area contributed by atoms with E-state index in [-0.39, 0.29) is 46.6 Å². The SMILES string of the molecule is COc1ccc(C(=O)NC(CN)CC(C)C)cc1S(=O)(=O)NC(C)C.Cl. The lowest BCUT2D eigenvalue weighted by Gasteiger charge is -2.19. The Bertz CT molecular complexity index is 693. The summed E-state index contributed by atoms with van der Waals surface area (Å²) in [7, 11) is -2.41. The van der Waals surface area contributed by atoms with E-state index in [1.54, 1.807) is 13.8 Å². The van der Waals surface area contributed by atoms with E-state index >= 15 is 0 Å². The molecule has 0 aromatic heterocycles. The maximum absolute atomic E-state index is 12.5. The van der Waals surface area contributed by atoms with Gasteiger partial charge in [-0.15, -0.1) is 12.4 Å². The lowest BCUT2D eigenvalue weighted by Crippen LogP contribution is -2.41. The van der Waals surface area contributed by atoms with Crippen molar-refractivity contribution in [3.63, 3.8) is 0 Å². The van der Waals surface area contributed by atoms with Crippen molar-refractivity contribution in [2.75, 3.05) is 13.7 Å². The molecule has 0 saturated carbocycles. The van der Waals surface area contributed by atoms with Crippen LogP contribution < -0.4 is 20.5 Å². The van der Waals surface area contributed by atoms with Crippen molar-refractivity contribution in [2.24, 2.45) is 11.7 Å². The Morgan fingerprint density at radius 1 is 1.23 bits per heavy atom. The van der Waals surface area contributed by atoms with Crippen LogP contribution in [0, 0.1) is 5.92 Å². The van der Waals surface area contributed by atoms with E-state index in [9.17, 15) is 13.2 Å². The Hall–Kier alpha value is -1.35. The number of benzene rings is 1. The highest BCUT2D eigenvalue weighted by molar-refractivity contribution is 7.89. The lowest BCUT2D eigenvalue weighted by atomic mass is 10.0. The third-order valence-corrected chi connectivity index (χ3v) is 5.16. The maximum atomic E-state index is 12.5. The van der Waals surface area contributed by atoms with Gasteiger partial charge in [-0.1, -0.05) is 13.8 Å². The van der Waals surface area contributed by atoms with Crippen molar-refractivity contribution in [1.82, 2.24) is 10.0 Å². The molecule has 9 heteroatoms. The van der Waals surface area contributed by atoms with Gasteiger partial charge in [0.25, 0.3) is 5.91 Å². The fraction of sp³-hybridized carbons (Fsp3) is 0.588. The molecule has 4 N–H and O–H groups in total. The molecule has 0 bridgehead atoms. The lowest BCUT2D eigenvalue weighted by molar-refractivity contribution is 0.0933. The molecule has 7 nitrogen and oxygen atoms in total. The van der Waals surface area contributed by atoms with Gasteiger partial charge in [0.15, 0.2) is 0 Å². The van der Waals surface area contributed by atoms with Crippen molar-refractivity contribution >= 4 is 28.3 Å². The van der Waals surface area contributed by atoms with Crippen molar-refractivity contribution in [3.05, 3.63) is 23.8 Å². The average molecular weight is 408 g/mol. The zero-order valence-corrected chi connectivity index (χ0v) is 17.5. The molecule has 150 valence electrons. The number of halogens is 1. The Morgan fingerprint density at radius 3 is 2.31 bits per heavy atom. The highest BCUT2D eigenvalue weighted by atomic mass is 35.5. The number of carbonyl (C=O) groups excluding carboxylic acids is 1. The van der Waals surface area contributed by atoms with Crippen molar-refractivity contribution in [3.8, 4) is 5.75 Å². The molecule has 1 aromatic carbocycles. The molecule has 0 heterocycles. The molecule has 0 aliphatic carbocycles. The summed E-state index contributed by atoms with van der Waals surface area (Å²) < 4.78 is 32.6. The monoisotopic (exact) mass is 407 g/mol. The van der Waals surface area contributed by atoms with Gasteiger partial charge in [0.1, 0.15) is 10.6 Å². The number of methoxy groups -OCH3 is 1. The number of hydrogen-bond donors (Lipinski definition) is 3. The molecule has 0 aliphatic rings. The zero-order valence-electron chi connectivity index (χ0n) is 15.9. The number of sulfonamides is 1. The first-order valence-electron chi connectivity index (χ1n) is 8.32. The Kier molecular flexibility index (Phi) is 10.2. The van der Waals surface area contributed by atoms with Gasteiger partial charge in [0, 0.05) is 24.2 Å². The second-order valence-corrected chi connectivity index (χ2v) is 8.36. The number of amides is 1. The third-order valence-electron chi connectivity index (χ3n) is 3.48. The molecule has 1 unspecified atom stereocenters. The number of nitrogens with one attached hydrogen (secondary N) is 2.